The van der Waals surface area contributed by atoms with Gasteiger partial charge in [0.1, 0.15) is 11.6 Å². The predicted molar refractivity (Wildman–Crippen MR) is 74.6 cm³/mol. The quantitative estimate of drug-likeness (QED) is 0.704. The first-order valence-electron chi connectivity index (χ1n) is 6.41. The number of nitrogens with zero attached hydrogens (tertiary/aromatic N) is 2. The molecule has 0 aliphatic carbocycles. The van der Waals surface area contributed by atoms with E-state index in [1.54, 1.807) is 7.11 Å². The van der Waals surface area contributed by atoms with Crippen molar-refractivity contribution in [2.75, 3.05) is 32.2 Å². The van der Waals surface area contributed by atoms with Gasteiger partial charge in [0.25, 0.3) is 5.91 Å². The summed E-state index contributed by atoms with van der Waals surface area (Å²) in [4.78, 5) is 11.6. The van der Waals surface area contributed by atoms with E-state index in [0.29, 0.717) is 24.3 Å². The number of anilines is 1. The smallest absolute Gasteiger partial charge is 0.252 e. The molecule has 1 rings (SSSR count). The van der Waals surface area contributed by atoms with Crippen LogP contribution in [0.15, 0.2) is 0 Å². The molecule has 1 aromatic heterocycles. The van der Waals surface area contributed by atoms with E-state index in [0.717, 1.165) is 17.8 Å². The molecule has 108 valence electrons. The van der Waals surface area contributed by atoms with Gasteiger partial charge < -0.3 is 9.47 Å². The summed E-state index contributed by atoms with van der Waals surface area (Å²) < 4.78 is 9.94. The number of carbonyl (C=O) groups is 1. The lowest BCUT2D eigenvalue weighted by molar-refractivity contribution is -0.121. The Balaban J connectivity index is 2.38. The van der Waals surface area contributed by atoms with Gasteiger partial charge in [-0.3, -0.25) is 10.1 Å². The molecule has 0 saturated carbocycles. The molecule has 6 nitrogen and oxygen atoms in total. The molecule has 1 heterocycles. The maximum Gasteiger partial charge on any atom is 0.252 e. The summed E-state index contributed by atoms with van der Waals surface area (Å²) in [6.45, 7) is 5.13. The Morgan fingerprint density at radius 2 is 2.05 bits per heavy atom. The van der Waals surface area contributed by atoms with Crippen LogP contribution in [0.3, 0.4) is 0 Å². The second kappa shape index (κ2) is 8.95. The van der Waals surface area contributed by atoms with Crippen LogP contribution in [-0.2, 0) is 14.3 Å². The Kier molecular flexibility index (Phi) is 7.54. The molecule has 0 fully saturated rings. The highest BCUT2D eigenvalue weighted by Gasteiger charge is 2.14. The van der Waals surface area contributed by atoms with Crippen LogP contribution >= 0.6 is 11.3 Å². The van der Waals surface area contributed by atoms with E-state index in [1.165, 1.54) is 11.3 Å². The number of methoxy groups -OCH3 is 1. The summed E-state index contributed by atoms with van der Waals surface area (Å²) in [6, 6.07) is 0. The Hall–Kier alpha value is -1.05. The molecule has 19 heavy (non-hydrogen) atoms. The third-order valence-corrected chi connectivity index (χ3v) is 3.69. The van der Waals surface area contributed by atoms with Crippen LogP contribution in [0, 0.1) is 0 Å². The van der Waals surface area contributed by atoms with Crippen LogP contribution in [0.5, 0.6) is 0 Å². The third-order valence-electron chi connectivity index (χ3n) is 2.69. The standard InChI is InChI=1S/C12H21N3O3S/c1-4-9(5-2)11-14-15-12(19-11)13-10(16)8-18-7-6-17-3/h9H,4-8H2,1-3H3,(H,13,15,16). The summed E-state index contributed by atoms with van der Waals surface area (Å²) in [5, 5.41) is 12.3. The number of amides is 1. The summed E-state index contributed by atoms with van der Waals surface area (Å²) in [7, 11) is 1.59. The van der Waals surface area contributed by atoms with E-state index < -0.39 is 0 Å². The Labute approximate surface area is 117 Å². The highest BCUT2D eigenvalue weighted by Crippen LogP contribution is 2.27. The fourth-order valence-electron chi connectivity index (χ4n) is 1.55. The number of carbonyl (C=O) groups excluding carboxylic acids is 1. The Bertz CT molecular complexity index is 380. The topological polar surface area (TPSA) is 73.3 Å². The molecule has 0 aliphatic heterocycles. The van der Waals surface area contributed by atoms with E-state index in [4.69, 9.17) is 9.47 Å². The second-order valence-corrected chi connectivity index (χ2v) is 5.06. The van der Waals surface area contributed by atoms with E-state index >= 15 is 0 Å². The van der Waals surface area contributed by atoms with E-state index in [-0.39, 0.29) is 12.5 Å². The van der Waals surface area contributed by atoms with Gasteiger partial charge in [-0.05, 0) is 12.8 Å². The van der Waals surface area contributed by atoms with Gasteiger partial charge in [0.2, 0.25) is 5.13 Å². The molecule has 0 unspecified atom stereocenters. The first-order chi connectivity index (χ1) is 9.21. The molecule has 0 aromatic carbocycles. The summed E-state index contributed by atoms with van der Waals surface area (Å²) in [6.07, 6.45) is 2.05. The first kappa shape index (κ1) is 16.0. The lowest BCUT2D eigenvalue weighted by atomic mass is 10.1. The summed E-state index contributed by atoms with van der Waals surface area (Å²) in [5.41, 5.74) is 0. The fourth-order valence-corrected chi connectivity index (χ4v) is 2.58. The van der Waals surface area contributed by atoms with E-state index in [9.17, 15) is 4.79 Å². The molecule has 0 saturated heterocycles. The van der Waals surface area contributed by atoms with Gasteiger partial charge in [-0.15, -0.1) is 10.2 Å². The molecular formula is C12H21N3O3S. The van der Waals surface area contributed by atoms with Gasteiger partial charge in [0, 0.05) is 13.0 Å². The highest BCUT2D eigenvalue weighted by molar-refractivity contribution is 7.15. The van der Waals surface area contributed by atoms with Crippen molar-refractivity contribution in [1.82, 2.24) is 10.2 Å². The molecule has 7 heteroatoms. The molecule has 0 spiro atoms. The number of hydrogen-bond acceptors (Lipinski definition) is 6. The Morgan fingerprint density at radius 3 is 2.68 bits per heavy atom. The van der Waals surface area contributed by atoms with Gasteiger partial charge in [0.15, 0.2) is 0 Å². The van der Waals surface area contributed by atoms with Gasteiger partial charge in [0.05, 0.1) is 13.2 Å². The second-order valence-electron chi connectivity index (χ2n) is 4.05. The van der Waals surface area contributed by atoms with Crippen molar-refractivity contribution in [3.8, 4) is 0 Å². The van der Waals surface area contributed by atoms with Crippen LogP contribution in [0.4, 0.5) is 5.13 Å². The van der Waals surface area contributed by atoms with Crippen LogP contribution in [0.2, 0.25) is 0 Å². The van der Waals surface area contributed by atoms with Crippen molar-refractivity contribution in [2.45, 2.75) is 32.6 Å². The molecule has 1 aromatic rings. The number of rotatable bonds is 9. The molecule has 1 N–H and O–H groups in total. The number of nitrogens with one attached hydrogen (secondary N) is 1. The van der Waals surface area contributed by atoms with Gasteiger partial charge >= 0.3 is 0 Å². The van der Waals surface area contributed by atoms with Gasteiger partial charge in [-0.1, -0.05) is 25.2 Å². The third kappa shape index (κ3) is 5.63. The van der Waals surface area contributed by atoms with Crippen molar-refractivity contribution >= 4 is 22.4 Å². The number of aromatic nitrogens is 2. The SMILES string of the molecule is CCC(CC)c1nnc(NC(=O)COCCOC)s1. The zero-order chi connectivity index (χ0) is 14.1. The molecule has 1 amide bonds. The van der Waals surface area contributed by atoms with Crippen LogP contribution in [-0.4, -0.2) is 43.0 Å². The molecule has 0 atom stereocenters. The van der Waals surface area contributed by atoms with Gasteiger partial charge in [-0.25, -0.2) is 0 Å². The summed E-state index contributed by atoms with van der Waals surface area (Å²) in [5.74, 6) is 0.199. The minimum absolute atomic E-state index is 0.00323. The fraction of sp³-hybridized carbons (Fsp3) is 0.750. The number of ether oxygens (including phenoxy) is 2. The van der Waals surface area contributed by atoms with E-state index in [2.05, 4.69) is 29.4 Å². The lowest BCUT2D eigenvalue weighted by Gasteiger charge is -2.05. The molecule has 0 radical (unpaired) electrons. The van der Waals surface area contributed by atoms with Crippen LogP contribution < -0.4 is 5.32 Å². The largest absolute Gasteiger partial charge is 0.382 e. The Morgan fingerprint density at radius 1 is 1.32 bits per heavy atom. The van der Waals surface area contributed by atoms with Crippen molar-refractivity contribution in [3.05, 3.63) is 5.01 Å². The monoisotopic (exact) mass is 287 g/mol. The zero-order valence-electron chi connectivity index (χ0n) is 11.6. The minimum atomic E-state index is -0.219. The van der Waals surface area contributed by atoms with Crippen molar-refractivity contribution < 1.29 is 14.3 Å². The van der Waals surface area contributed by atoms with Crippen molar-refractivity contribution in [2.24, 2.45) is 0 Å². The van der Waals surface area contributed by atoms with E-state index in [1.807, 2.05) is 0 Å². The number of hydrogen-bond donors (Lipinski definition) is 1. The zero-order valence-corrected chi connectivity index (χ0v) is 12.5. The predicted octanol–water partition coefficient (Wildman–Crippen LogP) is 2.04. The molecular weight excluding hydrogens is 266 g/mol. The highest BCUT2D eigenvalue weighted by atomic mass is 32.1. The molecule has 0 bridgehead atoms. The normalized spacial score (nSPS) is 10.9. The van der Waals surface area contributed by atoms with Crippen LogP contribution in [0.1, 0.15) is 37.6 Å². The van der Waals surface area contributed by atoms with Crippen LogP contribution in [0.25, 0.3) is 0 Å². The maximum atomic E-state index is 11.6. The average molecular weight is 287 g/mol. The first-order valence-corrected chi connectivity index (χ1v) is 7.22. The van der Waals surface area contributed by atoms with Crippen molar-refractivity contribution in [3.63, 3.8) is 0 Å². The van der Waals surface area contributed by atoms with Crippen molar-refractivity contribution in [1.29, 1.82) is 0 Å². The minimum Gasteiger partial charge on any atom is -0.382 e. The lowest BCUT2D eigenvalue weighted by Crippen LogP contribution is -2.19. The molecule has 0 aliphatic rings. The van der Waals surface area contributed by atoms with Gasteiger partial charge in [-0.2, -0.15) is 0 Å². The summed E-state index contributed by atoms with van der Waals surface area (Å²) >= 11 is 1.43. The maximum absolute atomic E-state index is 11.6. The average Bonchev–Trinajstić information content (AvgIpc) is 2.84.